The molecule has 0 saturated heterocycles. The molecule has 3 rings (SSSR count). The number of rotatable bonds is 1. The Bertz CT molecular complexity index is 820. The SMILES string of the molecule is Cc1ccc(-c2nc(Cl)c3cc(O)ccc3n2)c(F)c1. The molecule has 2 aromatic carbocycles. The number of phenolic OH excluding ortho intramolecular Hbond substituents is 1. The van der Waals surface area contributed by atoms with Crippen LogP contribution < -0.4 is 0 Å². The minimum absolute atomic E-state index is 0.0808. The molecule has 0 saturated carbocycles. The van der Waals surface area contributed by atoms with Gasteiger partial charge in [-0.15, -0.1) is 0 Å². The topological polar surface area (TPSA) is 46.0 Å². The fraction of sp³-hybridized carbons (Fsp3) is 0.0667. The molecule has 5 heteroatoms. The average Bonchev–Trinajstić information content (AvgIpc) is 2.39. The second kappa shape index (κ2) is 4.72. The van der Waals surface area contributed by atoms with Crippen molar-refractivity contribution in [2.45, 2.75) is 6.92 Å². The van der Waals surface area contributed by atoms with Crippen molar-refractivity contribution in [2.24, 2.45) is 0 Å². The van der Waals surface area contributed by atoms with Crippen LogP contribution in [0.5, 0.6) is 5.75 Å². The van der Waals surface area contributed by atoms with Crippen LogP contribution >= 0.6 is 11.6 Å². The van der Waals surface area contributed by atoms with Gasteiger partial charge >= 0.3 is 0 Å². The first-order chi connectivity index (χ1) is 9.54. The van der Waals surface area contributed by atoms with E-state index in [9.17, 15) is 9.50 Å². The number of aromatic hydroxyl groups is 1. The van der Waals surface area contributed by atoms with Crippen LogP contribution in [0.15, 0.2) is 36.4 Å². The molecule has 0 spiro atoms. The van der Waals surface area contributed by atoms with Crippen LogP contribution in [0.1, 0.15) is 5.56 Å². The summed E-state index contributed by atoms with van der Waals surface area (Å²) in [6.45, 7) is 1.81. The molecule has 0 atom stereocenters. The van der Waals surface area contributed by atoms with E-state index in [4.69, 9.17) is 11.6 Å². The fourth-order valence-electron chi connectivity index (χ4n) is 2.00. The number of halogens is 2. The predicted molar refractivity (Wildman–Crippen MR) is 76.3 cm³/mol. The van der Waals surface area contributed by atoms with Gasteiger partial charge in [0.15, 0.2) is 5.82 Å². The minimum atomic E-state index is -0.390. The van der Waals surface area contributed by atoms with Crippen molar-refractivity contribution in [1.29, 1.82) is 0 Å². The van der Waals surface area contributed by atoms with Crippen LogP contribution in [-0.4, -0.2) is 15.1 Å². The number of aromatic nitrogens is 2. The Morgan fingerprint density at radius 2 is 1.90 bits per heavy atom. The van der Waals surface area contributed by atoms with E-state index in [1.807, 2.05) is 6.92 Å². The van der Waals surface area contributed by atoms with Crippen molar-refractivity contribution in [3.8, 4) is 17.1 Å². The smallest absolute Gasteiger partial charge is 0.164 e. The van der Waals surface area contributed by atoms with Gasteiger partial charge in [0.2, 0.25) is 0 Å². The molecule has 0 aliphatic heterocycles. The summed E-state index contributed by atoms with van der Waals surface area (Å²) in [7, 11) is 0. The molecular formula is C15H10ClFN2O. The molecule has 1 heterocycles. The second-order valence-electron chi connectivity index (χ2n) is 4.52. The monoisotopic (exact) mass is 288 g/mol. The maximum Gasteiger partial charge on any atom is 0.164 e. The summed E-state index contributed by atoms with van der Waals surface area (Å²) in [4.78, 5) is 8.40. The lowest BCUT2D eigenvalue weighted by Gasteiger charge is -2.06. The maximum absolute atomic E-state index is 14.0. The van der Waals surface area contributed by atoms with E-state index >= 15 is 0 Å². The molecule has 100 valence electrons. The van der Waals surface area contributed by atoms with Crippen molar-refractivity contribution in [3.63, 3.8) is 0 Å². The molecule has 0 fully saturated rings. The summed E-state index contributed by atoms with van der Waals surface area (Å²) in [5.41, 5.74) is 1.67. The van der Waals surface area contributed by atoms with Crippen molar-refractivity contribution < 1.29 is 9.50 Å². The summed E-state index contributed by atoms with van der Waals surface area (Å²) in [5.74, 6) is -0.0813. The van der Waals surface area contributed by atoms with Gasteiger partial charge in [-0.3, -0.25) is 0 Å². The molecule has 1 N–H and O–H groups in total. The van der Waals surface area contributed by atoms with E-state index in [-0.39, 0.29) is 22.5 Å². The Morgan fingerprint density at radius 1 is 1.10 bits per heavy atom. The highest BCUT2D eigenvalue weighted by molar-refractivity contribution is 6.34. The molecule has 0 radical (unpaired) electrons. The third-order valence-electron chi connectivity index (χ3n) is 3.00. The molecule has 1 aromatic heterocycles. The van der Waals surface area contributed by atoms with Gasteiger partial charge in [-0.1, -0.05) is 17.7 Å². The zero-order chi connectivity index (χ0) is 14.3. The largest absolute Gasteiger partial charge is 0.508 e. The quantitative estimate of drug-likeness (QED) is 0.686. The van der Waals surface area contributed by atoms with Crippen molar-refractivity contribution in [2.75, 3.05) is 0 Å². The number of hydrogen-bond acceptors (Lipinski definition) is 3. The number of hydrogen-bond donors (Lipinski definition) is 1. The predicted octanol–water partition coefficient (Wildman–Crippen LogP) is 4.10. The lowest BCUT2D eigenvalue weighted by molar-refractivity contribution is 0.476. The Morgan fingerprint density at radius 3 is 2.65 bits per heavy atom. The Labute approximate surface area is 119 Å². The van der Waals surface area contributed by atoms with Crippen LogP contribution in [0, 0.1) is 12.7 Å². The molecule has 3 aromatic rings. The van der Waals surface area contributed by atoms with Gasteiger partial charge in [0.05, 0.1) is 11.1 Å². The summed E-state index contributed by atoms with van der Waals surface area (Å²) in [6, 6.07) is 9.44. The van der Waals surface area contributed by atoms with Gasteiger partial charge in [-0.05, 0) is 42.8 Å². The van der Waals surface area contributed by atoms with Crippen LogP contribution in [0.3, 0.4) is 0 Å². The normalized spacial score (nSPS) is 10.9. The highest BCUT2D eigenvalue weighted by Gasteiger charge is 2.12. The van der Waals surface area contributed by atoms with E-state index < -0.39 is 0 Å². The first kappa shape index (κ1) is 12.8. The Balaban J connectivity index is 2.24. The first-order valence-electron chi connectivity index (χ1n) is 5.97. The highest BCUT2D eigenvalue weighted by atomic mass is 35.5. The van der Waals surface area contributed by atoms with E-state index in [1.54, 1.807) is 18.2 Å². The third kappa shape index (κ3) is 2.18. The number of fused-ring (bicyclic) bond motifs is 1. The van der Waals surface area contributed by atoms with Crippen molar-refractivity contribution in [3.05, 3.63) is 52.9 Å². The van der Waals surface area contributed by atoms with Gasteiger partial charge in [0.25, 0.3) is 0 Å². The summed E-state index contributed by atoms with van der Waals surface area (Å²) in [6.07, 6.45) is 0. The lowest BCUT2D eigenvalue weighted by atomic mass is 10.1. The van der Waals surface area contributed by atoms with Gasteiger partial charge in [-0.2, -0.15) is 0 Å². The summed E-state index contributed by atoms with van der Waals surface area (Å²) in [5, 5.41) is 10.2. The van der Waals surface area contributed by atoms with Gasteiger partial charge in [-0.25, -0.2) is 14.4 Å². The van der Waals surface area contributed by atoms with E-state index in [1.165, 1.54) is 18.2 Å². The lowest BCUT2D eigenvalue weighted by Crippen LogP contribution is -1.94. The molecule has 0 aliphatic rings. The van der Waals surface area contributed by atoms with Crippen LogP contribution in [0.25, 0.3) is 22.3 Å². The summed E-state index contributed by atoms with van der Waals surface area (Å²) >= 11 is 6.08. The Hall–Kier alpha value is -2.20. The van der Waals surface area contributed by atoms with E-state index in [2.05, 4.69) is 9.97 Å². The van der Waals surface area contributed by atoms with Crippen LogP contribution in [0.4, 0.5) is 4.39 Å². The molecule has 0 aliphatic carbocycles. The Kier molecular flexibility index (Phi) is 3.03. The van der Waals surface area contributed by atoms with Crippen LogP contribution in [0.2, 0.25) is 5.15 Å². The van der Waals surface area contributed by atoms with Gasteiger partial charge in [0, 0.05) is 5.39 Å². The van der Waals surface area contributed by atoms with Crippen LogP contribution in [-0.2, 0) is 0 Å². The number of nitrogens with zero attached hydrogens (tertiary/aromatic N) is 2. The number of phenols is 1. The zero-order valence-electron chi connectivity index (χ0n) is 10.6. The highest BCUT2D eigenvalue weighted by Crippen LogP contribution is 2.28. The molecule has 20 heavy (non-hydrogen) atoms. The molecule has 3 nitrogen and oxygen atoms in total. The molecule has 0 bridgehead atoms. The van der Waals surface area contributed by atoms with Crippen molar-refractivity contribution >= 4 is 22.5 Å². The average molecular weight is 289 g/mol. The van der Waals surface area contributed by atoms with E-state index in [0.29, 0.717) is 16.5 Å². The zero-order valence-corrected chi connectivity index (χ0v) is 11.3. The van der Waals surface area contributed by atoms with Gasteiger partial charge < -0.3 is 5.11 Å². The molecular weight excluding hydrogens is 279 g/mol. The van der Waals surface area contributed by atoms with E-state index in [0.717, 1.165) is 5.56 Å². The molecule has 0 unspecified atom stereocenters. The minimum Gasteiger partial charge on any atom is -0.508 e. The van der Waals surface area contributed by atoms with Crippen molar-refractivity contribution in [1.82, 2.24) is 9.97 Å². The maximum atomic E-state index is 14.0. The first-order valence-corrected chi connectivity index (χ1v) is 6.35. The van der Waals surface area contributed by atoms with Gasteiger partial charge in [0.1, 0.15) is 16.7 Å². The number of benzene rings is 2. The number of aryl methyl sites for hydroxylation is 1. The molecule has 0 amide bonds. The summed E-state index contributed by atoms with van der Waals surface area (Å²) < 4.78 is 14.0. The standard InChI is InChI=1S/C15H10ClFN2O/c1-8-2-4-10(12(17)6-8)15-18-13-5-3-9(20)7-11(13)14(16)19-15/h2-7,20H,1H3. The second-order valence-corrected chi connectivity index (χ2v) is 4.88. The fourth-order valence-corrected chi connectivity index (χ4v) is 2.23. The third-order valence-corrected chi connectivity index (χ3v) is 3.29.